The third kappa shape index (κ3) is 5.41. The number of carbonyl (C=O) groups excluding carboxylic acids is 1. The monoisotopic (exact) mass is 395 g/mol. The number of nitrogens with zero attached hydrogens (tertiary/aromatic N) is 3. The summed E-state index contributed by atoms with van der Waals surface area (Å²) in [6.07, 6.45) is 0.754. The second kappa shape index (κ2) is 9.65. The van der Waals surface area contributed by atoms with Gasteiger partial charge in [0.2, 0.25) is 6.41 Å². The van der Waals surface area contributed by atoms with E-state index in [1.54, 1.807) is 0 Å². The molecule has 1 amide bonds. The summed E-state index contributed by atoms with van der Waals surface area (Å²) >= 11 is 0. The second-order valence-electron chi connectivity index (χ2n) is 8.20. The van der Waals surface area contributed by atoms with Crippen LogP contribution >= 0.6 is 0 Å². The molecule has 1 aliphatic heterocycles. The normalized spacial score (nSPS) is 14.7. The van der Waals surface area contributed by atoms with Crippen LogP contribution in [0, 0.1) is 5.92 Å². The predicted octanol–water partition coefficient (Wildman–Crippen LogP) is 3.84. The minimum atomic E-state index is 0.526. The SMILES string of the molecule is CC(C)CN(C)c1cc(N2CCN(C)CC2)c(Nc2ccccc2)cc1NC=O. The maximum atomic E-state index is 11.3. The van der Waals surface area contributed by atoms with E-state index in [4.69, 9.17) is 0 Å². The molecule has 1 saturated heterocycles. The summed E-state index contributed by atoms with van der Waals surface area (Å²) in [6, 6.07) is 14.4. The Kier molecular flexibility index (Phi) is 6.99. The zero-order valence-electron chi connectivity index (χ0n) is 18.0. The summed E-state index contributed by atoms with van der Waals surface area (Å²) in [4.78, 5) is 18.3. The van der Waals surface area contributed by atoms with Crippen molar-refractivity contribution in [1.82, 2.24) is 4.90 Å². The lowest BCUT2D eigenvalue weighted by atomic mass is 10.1. The zero-order valence-corrected chi connectivity index (χ0v) is 18.0. The quantitative estimate of drug-likeness (QED) is 0.665. The molecule has 6 heteroatoms. The zero-order chi connectivity index (χ0) is 20.8. The molecule has 0 aliphatic carbocycles. The van der Waals surface area contributed by atoms with Gasteiger partial charge in [0.1, 0.15) is 0 Å². The number of amides is 1. The fourth-order valence-corrected chi connectivity index (χ4v) is 3.80. The molecule has 1 heterocycles. The Hall–Kier alpha value is -2.73. The maximum Gasteiger partial charge on any atom is 0.211 e. The van der Waals surface area contributed by atoms with Crippen LogP contribution in [0.1, 0.15) is 13.8 Å². The van der Waals surface area contributed by atoms with Crippen LogP contribution in [0.4, 0.5) is 28.4 Å². The van der Waals surface area contributed by atoms with Gasteiger partial charge in [0.05, 0.1) is 22.7 Å². The van der Waals surface area contributed by atoms with Gasteiger partial charge in [-0.3, -0.25) is 4.79 Å². The van der Waals surface area contributed by atoms with Crippen LogP contribution < -0.4 is 20.4 Å². The van der Waals surface area contributed by atoms with Crippen LogP contribution in [-0.2, 0) is 4.79 Å². The predicted molar refractivity (Wildman–Crippen MR) is 124 cm³/mol. The van der Waals surface area contributed by atoms with Crippen LogP contribution in [0.2, 0.25) is 0 Å². The standard InChI is InChI=1S/C23H33N5O/c1-18(2)16-27(4)22-15-23(28-12-10-26(3)11-13-28)21(14-20(22)24-17-29)25-19-8-6-5-7-9-19/h5-9,14-15,17-18,25H,10-13,16H2,1-4H3,(H,24,29). The van der Waals surface area contributed by atoms with E-state index in [1.165, 1.54) is 5.69 Å². The van der Waals surface area contributed by atoms with Crippen molar-refractivity contribution in [3.8, 4) is 0 Å². The number of benzene rings is 2. The van der Waals surface area contributed by atoms with Gasteiger partial charge in [0, 0.05) is 45.5 Å². The highest BCUT2D eigenvalue weighted by molar-refractivity contribution is 5.91. The van der Waals surface area contributed by atoms with Crippen LogP contribution in [-0.4, -0.2) is 58.1 Å². The first-order valence-corrected chi connectivity index (χ1v) is 10.3. The third-order valence-corrected chi connectivity index (χ3v) is 5.28. The average Bonchev–Trinajstić information content (AvgIpc) is 2.69. The summed E-state index contributed by atoms with van der Waals surface area (Å²) in [7, 11) is 4.25. The molecule has 0 bridgehead atoms. The highest BCUT2D eigenvalue weighted by Crippen LogP contribution is 2.39. The lowest BCUT2D eigenvalue weighted by Gasteiger charge is -2.36. The minimum absolute atomic E-state index is 0.526. The molecule has 3 rings (SSSR count). The van der Waals surface area contributed by atoms with Gasteiger partial charge < -0.3 is 25.3 Å². The Morgan fingerprint density at radius 3 is 2.38 bits per heavy atom. The van der Waals surface area contributed by atoms with Gasteiger partial charge in [0.25, 0.3) is 0 Å². The van der Waals surface area contributed by atoms with Crippen LogP contribution in [0.15, 0.2) is 42.5 Å². The van der Waals surface area contributed by atoms with Crippen molar-refractivity contribution in [3.05, 3.63) is 42.5 Å². The van der Waals surface area contributed by atoms with Crippen molar-refractivity contribution < 1.29 is 4.79 Å². The van der Waals surface area contributed by atoms with Crippen molar-refractivity contribution >= 4 is 34.8 Å². The molecule has 0 radical (unpaired) electrons. The topological polar surface area (TPSA) is 50.9 Å². The van der Waals surface area contributed by atoms with Gasteiger partial charge in [-0.2, -0.15) is 0 Å². The first-order valence-electron chi connectivity index (χ1n) is 10.3. The lowest BCUT2D eigenvalue weighted by Crippen LogP contribution is -2.44. The number of likely N-dealkylation sites (N-methyl/N-ethyl adjacent to an activating group) is 1. The fraction of sp³-hybridized carbons (Fsp3) is 0.435. The number of hydrogen-bond donors (Lipinski definition) is 2. The van der Waals surface area contributed by atoms with Gasteiger partial charge in [-0.15, -0.1) is 0 Å². The van der Waals surface area contributed by atoms with E-state index in [9.17, 15) is 4.79 Å². The Bertz CT molecular complexity index is 800. The Morgan fingerprint density at radius 1 is 1.07 bits per heavy atom. The molecule has 2 N–H and O–H groups in total. The van der Waals surface area contributed by atoms with E-state index in [-0.39, 0.29) is 0 Å². The van der Waals surface area contributed by atoms with Crippen LogP contribution in [0.3, 0.4) is 0 Å². The summed E-state index contributed by atoms with van der Waals surface area (Å²) < 4.78 is 0. The van der Waals surface area contributed by atoms with E-state index in [0.29, 0.717) is 5.92 Å². The summed E-state index contributed by atoms with van der Waals surface area (Å²) in [5.41, 5.74) is 5.07. The van der Waals surface area contributed by atoms with Gasteiger partial charge in [-0.25, -0.2) is 0 Å². The highest BCUT2D eigenvalue weighted by Gasteiger charge is 2.21. The van der Waals surface area contributed by atoms with Crippen LogP contribution in [0.25, 0.3) is 0 Å². The number of para-hydroxylation sites is 1. The van der Waals surface area contributed by atoms with Gasteiger partial charge in [0.15, 0.2) is 0 Å². The second-order valence-corrected chi connectivity index (χ2v) is 8.20. The molecule has 156 valence electrons. The number of carbonyl (C=O) groups is 1. The number of nitrogens with one attached hydrogen (secondary N) is 2. The van der Waals surface area contributed by atoms with E-state index in [2.05, 4.69) is 77.5 Å². The lowest BCUT2D eigenvalue weighted by molar-refractivity contribution is -0.105. The first-order chi connectivity index (χ1) is 14.0. The molecule has 1 aliphatic rings. The van der Waals surface area contributed by atoms with Crippen molar-refractivity contribution in [2.75, 3.05) is 67.3 Å². The molecule has 1 fully saturated rings. The van der Waals surface area contributed by atoms with E-state index in [1.807, 2.05) is 18.2 Å². The number of piperazine rings is 1. The summed E-state index contributed by atoms with van der Waals surface area (Å²) in [5, 5.41) is 6.46. The molecule has 0 spiro atoms. The number of anilines is 5. The van der Waals surface area contributed by atoms with Crippen molar-refractivity contribution in [2.24, 2.45) is 5.92 Å². The van der Waals surface area contributed by atoms with Crippen molar-refractivity contribution in [2.45, 2.75) is 13.8 Å². The number of rotatable bonds is 8. The minimum Gasteiger partial charge on any atom is -0.373 e. The molecule has 0 unspecified atom stereocenters. The molecule has 0 atom stereocenters. The Morgan fingerprint density at radius 2 is 1.76 bits per heavy atom. The molecule has 0 aromatic heterocycles. The van der Waals surface area contributed by atoms with Crippen molar-refractivity contribution in [1.29, 1.82) is 0 Å². The molecule has 0 saturated carbocycles. The molecular weight excluding hydrogens is 362 g/mol. The van der Waals surface area contributed by atoms with E-state index < -0.39 is 0 Å². The third-order valence-electron chi connectivity index (χ3n) is 5.28. The Labute approximate surface area is 174 Å². The molecule has 29 heavy (non-hydrogen) atoms. The smallest absolute Gasteiger partial charge is 0.211 e. The molecule has 2 aromatic rings. The fourth-order valence-electron chi connectivity index (χ4n) is 3.80. The van der Waals surface area contributed by atoms with Gasteiger partial charge in [-0.05, 0) is 37.2 Å². The Balaban J connectivity index is 2.03. The first kappa shape index (κ1) is 21.0. The number of hydrogen-bond acceptors (Lipinski definition) is 5. The molecule has 2 aromatic carbocycles. The molecular formula is C23H33N5O. The summed E-state index contributed by atoms with van der Waals surface area (Å²) in [6.45, 7) is 9.36. The van der Waals surface area contributed by atoms with E-state index >= 15 is 0 Å². The summed E-state index contributed by atoms with van der Waals surface area (Å²) in [5.74, 6) is 0.526. The van der Waals surface area contributed by atoms with Crippen molar-refractivity contribution in [3.63, 3.8) is 0 Å². The molecule has 6 nitrogen and oxygen atoms in total. The van der Waals surface area contributed by atoms with E-state index in [0.717, 1.165) is 61.9 Å². The van der Waals surface area contributed by atoms with Gasteiger partial charge in [-0.1, -0.05) is 32.0 Å². The largest absolute Gasteiger partial charge is 0.373 e. The highest BCUT2D eigenvalue weighted by atomic mass is 16.1. The van der Waals surface area contributed by atoms with Gasteiger partial charge >= 0.3 is 0 Å². The maximum absolute atomic E-state index is 11.3. The van der Waals surface area contributed by atoms with Crippen LogP contribution in [0.5, 0.6) is 0 Å². The average molecular weight is 396 g/mol.